The minimum atomic E-state index is -3.15. The molecule has 0 radical (unpaired) electrons. The zero-order chi connectivity index (χ0) is 12.1. The number of sulfonamides is 1. The minimum Gasteiger partial charge on any atom is -0.212 e. The normalized spacial score (nSPS) is 15.3. The molecule has 0 rings (SSSR count). The van der Waals surface area contributed by atoms with Crippen LogP contribution in [-0.4, -0.2) is 25.1 Å². The van der Waals surface area contributed by atoms with E-state index in [1.165, 1.54) is 0 Å². The summed E-state index contributed by atoms with van der Waals surface area (Å²) < 4.78 is 25.7. The average molecular weight is 256 g/mol. The van der Waals surface area contributed by atoms with Gasteiger partial charge in [0.2, 0.25) is 10.0 Å². The van der Waals surface area contributed by atoms with Crippen molar-refractivity contribution in [3.05, 3.63) is 0 Å². The lowest BCUT2D eigenvalue weighted by Gasteiger charge is -2.20. The Hall–Kier alpha value is 0.200. The van der Waals surface area contributed by atoms with Gasteiger partial charge in [-0.3, -0.25) is 0 Å². The summed E-state index contributed by atoms with van der Waals surface area (Å²) in [6.07, 6.45) is 2.25. The molecule has 0 aromatic carbocycles. The number of halogens is 1. The predicted molar refractivity (Wildman–Crippen MR) is 65.8 cm³/mol. The van der Waals surface area contributed by atoms with Gasteiger partial charge in [-0.05, 0) is 40.0 Å². The number of nitrogens with one attached hydrogen (secondary N) is 1. The highest BCUT2D eigenvalue weighted by molar-refractivity contribution is 7.89. The molecule has 1 N–H and O–H groups in total. The summed E-state index contributed by atoms with van der Waals surface area (Å²) in [4.78, 5) is 0. The van der Waals surface area contributed by atoms with E-state index in [0.29, 0.717) is 6.42 Å². The first-order valence-corrected chi connectivity index (χ1v) is 7.41. The largest absolute Gasteiger partial charge is 0.212 e. The third kappa shape index (κ3) is 9.15. The first kappa shape index (κ1) is 15.2. The molecule has 0 aromatic rings. The Morgan fingerprint density at radius 2 is 1.87 bits per heavy atom. The van der Waals surface area contributed by atoms with Gasteiger partial charge in [-0.25, -0.2) is 13.1 Å². The van der Waals surface area contributed by atoms with Crippen LogP contribution in [0.3, 0.4) is 0 Å². The highest BCUT2D eigenvalue weighted by atomic mass is 35.5. The molecule has 0 fully saturated rings. The Morgan fingerprint density at radius 1 is 1.33 bits per heavy atom. The van der Waals surface area contributed by atoms with Crippen molar-refractivity contribution >= 4 is 21.6 Å². The third-order valence-corrected chi connectivity index (χ3v) is 4.11. The molecule has 0 saturated carbocycles. The molecule has 0 saturated heterocycles. The van der Waals surface area contributed by atoms with Crippen molar-refractivity contribution in [2.45, 2.75) is 57.9 Å². The second-order valence-electron chi connectivity index (χ2n) is 4.82. The topological polar surface area (TPSA) is 46.2 Å². The molecule has 92 valence electrons. The first-order chi connectivity index (χ1) is 6.66. The molecule has 0 aliphatic rings. The fourth-order valence-corrected chi connectivity index (χ4v) is 2.95. The van der Waals surface area contributed by atoms with Crippen LogP contribution in [0.15, 0.2) is 0 Å². The highest BCUT2D eigenvalue weighted by Crippen LogP contribution is 2.11. The zero-order valence-corrected chi connectivity index (χ0v) is 11.6. The molecule has 0 aliphatic heterocycles. The van der Waals surface area contributed by atoms with Crippen molar-refractivity contribution in [3.8, 4) is 0 Å². The molecule has 3 nitrogen and oxygen atoms in total. The highest BCUT2D eigenvalue weighted by Gasteiger charge is 2.19. The fraction of sp³-hybridized carbons (Fsp3) is 1.00. The quantitative estimate of drug-likeness (QED) is 0.742. The van der Waals surface area contributed by atoms with Crippen LogP contribution < -0.4 is 4.72 Å². The second kappa shape index (κ2) is 6.06. The van der Waals surface area contributed by atoms with Crippen LogP contribution in [0, 0.1) is 0 Å². The van der Waals surface area contributed by atoms with Crippen LogP contribution in [0.1, 0.15) is 47.0 Å². The summed E-state index contributed by atoms with van der Waals surface area (Å²) in [5.41, 5.74) is -0.399. The summed E-state index contributed by atoms with van der Waals surface area (Å²) in [7, 11) is -3.15. The van der Waals surface area contributed by atoms with Gasteiger partial charge in [-0.2, -0.15) is 0 Å². The monoisotopic (exact) mass is 255 g/mol. The van der Waals surface area contributed by atoms with Crippen molar-refractivity contribution in [2.24, 2.45) is 0 Å². The van der Waals surface area contributed by atoms with Crippen molar-refractivity contribution in [3.63, 3.8) is 0 Å². The maximum Gasteiger partial charge on any atom is 0.212 e. The van der Waals surface area contributed by atoms with Crippen molar-refractivity contribution in [2.75, 3.05) is 5.75 Å². The Morgan fingerprint density at radius 3 is 2.27 bits per heavy atom. The van der Waals surface area contributed by atoms with Gasteiger partial charge in [-0.1, -0.05) is 6.92 Å². The second-order valence-corrected chi connectivity index (χ2v) is 7.28. The lowest BCUT2D eigenvalue weighted by molar-refractivity contribution is 0.489. The van der Waals surface area contributed by atoms with Crippen molar-refractivity contribution < 1.29 is 8.42 Å². The standard InChI is InChI=1S/C10H22ClNO2S/c1-5-9(11)7-6-8-15(13,14)12-10(2,3)4/h9,12H,5-8H2,1-4H3. The van der Waals surface area contributed by atoms with E-state index < -0.39 is 15.6 Å². The van der Waals surface area contributed by atoms with Crippen molar-refractivity contribution in [1.29, 1.82) is 0 Å². The van der Waals surface area contributed by atoms with Gasteiger partial charge < -0.3 is 0 Å². The van der Waals surface area contributed by atoms with Crippen molar-refractivity contribution in [1.82, 2.24) is 4.72 Å². The Bertz CT molecular complexity index is 270. The van der Waals surface area contributed by atoms with E-state index >= 15 is 0 Å². The molecule has 0 aromatic heterocycles. The lowest BCUT2D eigenvalue weighted by Crippen LogP contribution is -2.41. The Kier molecular flexibility index (Phi) is 6.14. The van der Waals surface area contributed by atoms with E-state index in [-0.39, 0.29) is 11.1 Å². The molecule has 0 spiro atoms. The van der Waals surface area contributed by atoms with E-state index in [2.05, 4.69) is 4.72 Å². The van der Waals surface area contributed by atoms with Gasteiger partial charge in [0.15, 0.2) is 0 Å². The van der Waals surface area contributed by atoms with Gasteiger partial charge in [0.25, 0.3) is 0 Å². The van der Waals surface area contributed by atoms with E-state index in [4.69, 9.17) is 11.6 Å². The summed E-state index contributed by atoms with van der Waals surface area (Å²) in [5.74, 6) is 0.160. The Labute approximate surface area is 98.6 Å². The zero-order valence-electron chi connectivity index (χ0n) is 10.0. The van der Waals surface area contributed by atoms with Gasteiger partial charge >= 0.3 is 0 Å². The molecule has 15 heavy (non-hydrogen) atoms. The maximum atomic E-state index is 11.6. The molecular formula is C10H22ClNO2S. The van der Waals surface area contributed by atoms with Crippen LogP contribution in [0.5, 0.6) is 0 Å². The van der Waals surface area contributed by atoms with Crippen LogP contribution in [0.4, 0.5) is 0 Å². The number of rotatable bonds is 6. The Balaban J connectivity index is 3.96. The fourth-order valence-electron chi connectivity index (χ4n) is 1.22. The molecule has 0 amide bonds. The van der Waals surface area contributed by atoms with E-state index in [9.17, 15) is 8.42 Å². The molecule has 0 aliphatic carbocycles. The van der Waals surface area contributed by atoms with Gasteiger partial charge in [0.1, 0.15) is 0 Å². The SMILES string of the molecule is CCC(Cl)CCCS(=O)(=O)NC(C)(C)C. The number of hydrogen-bond acceptors (Lipinski definition) is 2. The molecule has 1 unspecified atom stereocenters. The molecule has 0 heterocycles. The van der Waals surface area contributed by atoms with Gasteiger partial charge in [0.05, 0.1) is 5.75 Å². The summed E-state index contributed by atoms with van der Waals surface area (Å²) in [6, 6.07) is 0. The smallest absolute Gasteiger partial charge is 0.212 e. The first-order valence-electron chi connectivity index (χ1n) is 5.32. The summed E-state index contributed by atoms with van der Waals surface area (Å²) in [5, 5.41) is 0.0924. The molecule has 5 heteroatoms. The number of hydrogen-bond donors (Lipinski definition) is 1. The van der Waals surface area contributed by atoms with E-state index in [0.717, 1.165) is 12.8 Å². The third-order valence-electron chi connectivity index (χ3n) is 1.84. The van der Waals surface area contributed by atoms with Gasteiger partial charge in [-0.15, -0.1) is 11.6 Å². The number of alkyl halides is 1. The average Bonchev–Trinajstić information content (AvgIpc) is 1.98. The lowest BCUT2D eigenvalue weighted by atomic mass is 10.1. The summed E-state index contributed by atoms with van der Waals surface area (Å²) in [6.45, 7) is 7.50. The van der Waals surface area contributed by atoms with Crippen LogP contribution in [-0.2, 0) is 10.0 Å². The molecule has 0 bridgehead atoms. The minimum absolute atomic E-state index is 0.0924. The maximum absolute atomic E-state index is 11.6. The summed E-state index contributed by atoms with van der Waals surface area (Å²) >= 11 is 5.91. The van der Waals surface area contributed by atoms with Crippen LogP contribution in [0.25, 0.3) is 0 Å². The van der Waals surface area contributed by atoms with Crippen LogP contribution >= 0.6 is 11.6 Å². The van der Waals surface area contributed by atoms with E-state index in [1.807, 2.05) is 27.7 Å². The van der Waals surface area contributed by atoms with Gasteiger partial charge in [0, 0.05) is 10.9 Å². The molecular weight excluding hydrogens is 234 g/mol. The van der Waals surface area contributed by atoms with E-state index in [1.54, 1.807) is 0 Å². The predicted octanol–water partition coefficient (Wildman–Crippen LogP) is 2.50. The molecule has 1 atom stereocenters. The van der Waals surface area contributed by atoms with Crippen LogP contribution in [0.2, 0.25) is 0 Å².